The number of benzene rings is 1. The monoisotopic (exact) mass is 303 g/mol. The first-order chi connectivity index (χ1) is 10.2. The smallest absolute Gasteiger partial charge is 0.307 e. The highest BCUT2D eigenvalue weighted by molar-refractivity contribution is 5.86. The maximum Gasteiger partial charge on any atom is 0.307 e. The molecule has 0 aromatic heterocycles. The molecule has 1 saturated carbocycles. The second-order valence-corrected chi connectivity index (χ2v) is 7.29. The molecule has 0 aliphatic heterocycles. The molecule has 1 aliphatic carbocycles. The van der Waals surface area contributed by atoms with Gasteiger partial charge in [0.1, 0.15) is 0 Å². The van der Waals surface area contributed by atoms with E-state index in [1.54, 1.807) is 0 Å². The van der Waals surface area contributed by atoms with Gasteiger partial charge in [-0.25, -0.2) is 0 Å². The van der Waals surface area contributed by atoms with Crippen LogP contribution in [0.1, 0.15) is 50.8 Å². The zero-order valence-electron chi connectivity index (χ0n) is 13.7. The van der Waals surface area contributed by atoms with Gasteiger partial charge in [0.2, 0.25) is 5.91 Å². The van der Waals surface area contributed by atoms with E-state index in [9.17, 15) is 9.59 Å². The van der Waals surface area contributed by atoms with Crippen molar-refractivity contribution in [2.24, 2.45) is 17.3 Å². The molecule has 1 aromatic rings. The van der Waals surface area contributed by atoms with Crippen molar-refractivity contribution in [3.8, 4) is 0 Å². The number of carbonyl (C=O) groups excluding carboxylic acids is 1. The van der Waals surface area contributed by atoms with Gasteiger partial charge in [0, 0.05) is 0 Å². The van der Waals surface area contributed by atoms with Gasteiger partial charge in [0.25, 0.3) is 0 Å². The van der Waals surface area contributed by atoms with Crippen molar-refractivity contribution in [3.63, 3.8) is 0 Å². The average Bonchev–Trinajstić information content (AvgIpc) is 2.33. The molecular weight excluding hydrogens is 278 g/mol. The van der Waals surface area contributed by atoms with E-state index in [0.29, 0.717) is 12.8 Å². The van der Waals surface area contributed by atoms with Gasteiger partial charge in [0.05, 0.1) is 17.9 Å². The lowest BCUT2D eigenvalue weighted by Crippen LogP contribution is -2.47. The molecule has 0 spiro atoms. The van der Waals surface area contributed by atoms with Crippen molar-refractivity contribution in [2.75, 3.05) is 0 Å². The summed E-state index contributed by atoms with van der Waals surface area (Å²) in [6.45, 7) is 8.28. The number of aliphatic carboxylic acids is 1. The minimum atomic E-state index is -0.866. The number of hydrogen-bond donors (Lipinski definition) is 2. The standard InChI is InChI=1S/C18H25NO3/c1-11-7-5-6-8-12(11)15(18(2,3)4)19-16(20)13-9-10-14(13)17(21)22/h5-8,13-15H,9-10H2,1-4H3,(H,19,20)(H,21,22). The summed E-state index contributed by atoms with van der Waals surface area (Å²) < 4.78 is 0. The molecule has 1 aliphatic rings. The summed E-state index contributed by atoms with van der Waals surface area (Å²) in [5.41, 5.74) is 2.07. The summed E-state index contributed by atoms with van der Waals surface area (Å²) >= 11 is 0. The van der Waals surface area contributed by atoms with Crippen LogP contribution in [-0.4, -0.2) is 17.0 Å². The van der Waals surface area contributed by atoms with Gasteiger partial charge >= 0.3 is 5.97 Å². The molecule has 1 aromatic carbocycles. The molecule has 120 valence electrons. The van der Waals surface area contributed by atoms with Gasteiger partial charge < -0.3 is 10.4 Å². The van der Waals surface area contributed by atoms with Crippen molar-refractivity contribution >= 4 is 11.9 Å². The Morgan fingerprint density at radius 1 is 1.18 bits per heavy atom. The van der Waals surface area contributed by atoms with E-state index < -0.39 is 17.8 Å². The molecule has 0 saturated heterocycles. The maximum absolute atomic E-state index is 12.5. The lowest BCUT2D eigenvalue weighted by Gasteiger charge is -2.37. The highest BCUT2D eigenvalue weighted by Gasteiger charge is 2.42. The van der Waals surface area contributed by atoms with Crippen LogP contribution in [0, 0.1) is 24.2 Å². The molecular formula is C18H25NO3. The van der Waals surface area contributed by atoms with Crippen LogP contribution in [0.2, 0.25) is 0 Å². The van der Waals surface area contributed by atoms with E-state index in [0.717, 1.165) is 11.1 Å². The number of carboxylic acids is 1. The van der Waals surface area contributed by atoms with Crippen molar-refractivity contribution in [1.82, 2.24) is 5.32 Å². The Balaban J connectivity index is 2.20. The Kier molecular flexibility index (Phi) is 4.59. The first-order valence-electron chi connectivity index (χ1n) is 7.80. The molecule has 0 radical (unpaired) electrons. The minimum Gasteiger partial charge on any atom is -0.481 e. The van der Waals surface area contributed by atoms with Gasteiger partial charge in [-0.1, -0.05) is 45.0 Å². The summed E-state index contributed by atoms with van der Waals surface area (Å²) in [6.07, 6.45) is 1.26. The predicted octanol–water partition coefficient (Wildman–Crippen LogP) is 3.31. The molecule has 22 heavy (non-hydrogen) atoms. The average molecular weight is 303 g/mol. The third-order valence-corrected chi connectivity index (χ3v) is 4.58. The molecule has 0 bridgehead atoms. The number of nitrogens with one attached hydrogen (secondary N) is 1. The molecule has 1 fully saturated rings. The fourth-order valence-corrected chi connectivity index (χ4v) is 3.03. The van der Waals surface area contributed by atoms with Gasteiger partial charge in [-0.15, -0.1) is 0 Å². The zero-order chi connectivity index (χ0) is 16.5. The first kappa shape index (κ1) is 16.5. The quantitative estimate of drug-likeness (QED) is 0.896. The Morgan fingerprint density at radius 2 is 1.77 bits per heavy atom. The molecule has 3 atom stereocenters. The van der Waals surface area contributed by atoms with Crippen LogP contribution in [0.5, 0.6) is 0 Å². The van der Waals surface area contributed by atoms with Gasteiger partial charge in [-0.2, -0.15) is 0 Å². The predicted molar refractivity (Wildman–Crippen MR) is 85.4 cm³/mol. The highest BCUT2D eigenvalue weighted by Crippen LogP contribution is 2.38. The third-order valence-electron chi connectivity index (χ3n) is 4.58. The molecule has 2 N–H and O–H groups in total. The summed E-state index contributed by atoms with van der Waals surface area (Å²) in [5.74, 6) is -1.93. The van der Waals surface area contributed by atoms with Crippen LogP contribution in [0.25, 0.3) is 0 Å². The van der Waals surface area contributed by atoms with Crippen molar-refractivity contribution < 1.29 is 14.7 Å². The van der Waals surface area contributed by atoms with Crippen LogP contribution in [0.3, 0.4) is 0 Å². The second kappa shape index (κ2) is 6.11. The van der Waals surface area contributed by atoms with Crippen LogP contribution in [-0.2, 0) is 9.59 Å². The number of hydrogen-bond acceptors (Lipinski definition) is 2. The van der Waals surface area contributed by atoms with Gasteiger partial charge in [-0.05, 0) is 36.3 Å². The minimum absolute atomic E-state index is 0.128. The van der Waals surface area contributed by atoms with E-state index >= 15 is 0 Å². The van der Waals surface area contributed by atoms with Crippen molar-refractivity contribution in [2.45, 2.75) is 46.6 Å². The van der Waals surface area contributed by atoms with Crippen LogP contribution in [0.4, 0.5) is 0 Å². The summed E-state index contributed by atoms with van der Waals surface area (Å²) in [4.78, 5) is 23.6. The normalized spacial score (nSPS) is 22.5. The molecule has 2 rings (SSSR count). The molecule has 0 heterocycles. The Hall–Kier alpha value is -1.84. The maximum atomic E-state index is 12.5. The Labute approximate surface area is 131 Å². The lowest BCUT2D eigenvalue weighted by molar-refractivity contribution is -0.153. The topological polar surface area (TPSA) is 66.4 Å². The van der Waals surface area contributed by atoms with Crippen LogP contribution in [0.15, 0.2) is 24.3 Å². The highest BCUT2D eigenvalue weighted by atomic mass is 16.4. The van der Waals surface area contributed by atoms with E-state index in [1.165, 1.54) is 0 Å². The zero-order valence-corrected chi connectivity index (χ0v) is 13.7. The SMILES string of the molecule is Cc1ccccc1C(NC(=O)C1CCC1C(=O)O)C(C)(C)C. The van der Waals surface area contributed by atoms with E-state index in [2.05, 4.69) is 26.1 Å². The summed E-state index contributed by atoms with van der Waals surface area (Å²) in [6, 6.07) is 7.88. The van der Waals surface area contributed by atoms with E-state index in [1.807, 2.05) is 31.2 Å². The summed E-state index contributed by atoms with van der Waals surface area (Å²) in [5, 5.41) is 12.2. The summed E-state index contributed by atoms with van der Waals surface area (Å²) in [7, 11) is 0. The van der Waals surface area contributed by atoms with Crippen molar-refractivity contribution in [3.05, 3.63) is 35.4 Å². The molecule has 3 unspecified atom stereocenters. The van der Waals surface area contributed by atoms with E-state index in [4.69, 9.17) is 5.11 Å². The second-order valence-electron chi connectivity index (χ2n) is 7.29. The molecule has 4 nitrogen and oxygen atoms in total. The largest absolute Gasteiger partial charge is 0.481 e. The van der Waals surface area contributed by atoms with Gasteiger partial charge in [0.15, 0.2) is 0 Å². The Bertz CT molecular complexity index is 574. The molecule has 4 heteroatoms. The van der Waals surface area contributed by atoms with Crippen molar-refractivity contribution in [1.29, 1.82) is 0 Å². The van der Waals surface area contributed by atoms with Gasteiger partial charge in [-0.3, -0.25) is 9.59 Å². The first-order valence-corrected chi connectivity index (χ1v) is 7.80. The third kappa shape index (κ3) is 3.32. The lowest BCUT2D eigenvalue weighted by atomic mass is 9.72. The number of aryl methyl sites for hydroxylation is 1. The number of carboxylic acid groups (broad SMARTS) is 1. The number of carbonyl (C=O) groups is 2. The van der Waals surface area contributed by atoms with Crippen LogP contribution < -0.4 is 5.32 Å². The fourth-order valence-electron chi connectivity index (χ4n) is 3.03. The fraction of sp³-hybridized carbons (Fsp3) is 0.556. The number of amides is 1. The Morgan fingerprint density at radius 3 is 2.23 bits per heavy atom. The number of rotatable bonds is 4. The van der Waals surface area contributed by atoms with E-state index in [-0.39, 0.29) is 17.4 Å². The van der Waals surface area contributed by atoms with Crippen LogP contribution >= 0.6 is 0 Å². The molecule has 1 amide bonds.